The van der Waals surface area contributed by atoms with E-state index in [1.807, 2.05) is 91.0 Å². The Hall–Kier alpha value is -3.09. The highest BCUT2D eigenvalue weighted by molar-refractivity contribution is 7.80. The fraction of sp³-hybridized carbons (Fsp3) is 0.259. The third kappa shape index (κ3) is 5.46. The van der Waals surface area contributed by atoms with Gasteiger partial charge in [0.25, 0.3) is 0 Å². The number of benzene rings is 3. The van der Waals surface area contributed by atoms with Crippen LogP contribution >= 0.6 is 12.6 Å². The molecule has 0 aliphatic carbocycles. The van der Waals surface area contributed by atoms with Gasteiger partial charge in [-0.1, -0.05) is 91.0 Å². The molecule has 0 aromatic heterocycles. The van der Waals surface area contributed by atoms with Crippen molar-refractivity contribution in [3.05, 3.63) is 108 Å². The minimum atomic E-state index is -1.12. The van der Waals surface area contributed by atoms with Crippen LogP contribution in [0.1, 0.15) is 30.5 Å². The molecule has 0 heterocycles. The van der Waals surface area contributed by atoms with E-state index in [0.717, 1.165) is 16.7 Å². The molecule has 0 radical (unpaired) electrons. The summed E-state index contributed by atoms with van der Waals surface area (Å²) in [5.41, 5.74) is 0.823. The minimum Gasteiger partial charge on any atom is -0.480 e. The van der Waals surface area contributed by atoms with Crippen LogP contribution in [0, 0.1) is 5.41 Å². The molecule has 2 N–H and O–H groups in total. The number of carboxylic acids is 1. The maximum Gasteiger partial charge on any atom is 0.327 e. The van der Waals surface area contributed by atoms with E-state index in [4.69, 9.17) is 4.74 Å². The molecule has 0 aliphatic rings. The van der Waals surface area contributed by atoms with E-state index in [1.54, 1.807) is 13.8 Å². The average Bonchev–Trinajstić information content (AvgIpc) is 2.84. The zero-order valence-electron chi connectivity index (χ0n) is 18.8. The lowest BCUT2D eigenvalue weighted by Crippen LogP contribution is -2.50. The molecule has 1 unspecified atom stereocenters. The van der Waals surface area contributed by atoms with Crippen LogP contribution in [0.3, 0.4) is 0 Å². The lowest BCUT2D eigenvalue weighted by molar-refractivity contribution is -0.144. The monoisotopic (exact) mass is 463 g/mol. The molecule has 0 saturated heterocycles. The van der Waals surface area contributed by atoms with Crippen LogP contribution in [0.5, 0.6) is 0 Å². The number of aliphatic carboxylic acids is 1. The van der Waals surface area contributed by atoms with Crippen LogP contribution in [0.25, 0.3) is 0 Å². The van der Waals surface area contributed by atoms with Gasteiger partial charge in [0.15, 0.2) is 0 Å². The Morgan fingerprint density at radius 3 is 1.58 bits per heavy atom. The van der Waals surface area contributed by atoms with Gasteiger partial charge in [0.1, 0.15) is 11.6 Å². The molecule has 172 valence electrons. The van der Waals surface area contributed by atoms with Gasteiger partial charge in [-0.2, -0.15) is 12.6 Å². The number of hydrogen-bond acceptors (Lipinski definition) is 4. The number of carbonyl (C=O) groups excluding carboxylic acids is 1. The Morgan fingerprint density at radius 2 is 1.24 bits per heavy atom. The summed E-state index contributed by atoms with van der Waals surface area (Å²) in [7, 11) is 0. The minimum absolute atomic E-state index is 0.00000593. The second kappa shape index (κ2) is 10.7. The van der Waals surface area contributed by atoms with Gasteiger partial charge in [-0.05, 0) is 30.5 Å². The standard InChI is InChI=1S/C27H29NO4S/c1-26(2,25(31)28-23(18-33)24(29)30)19-32-27(20-12-6-3-7-13-20,21-14-8-4-9-15-21)22-16-10-5-11-17-22/h3-17,23,33H,18-19H2,1-2H3,(H,28,31)(H,29,30). The van der Waals surface area contributed by atoms with Crippen molar-refractivity contribution in [1.82, 2.24) is 5.32 Å². The number of carbonyl (C=O) groups is 2. The topological polar surface area (TPSA) is 75.6 Å². The van der Waals surface area contributed by atoms with Crippen molar-refractivity contribution in [2.24, 2.45) is 5.41 Å². The summed E-state index contributed by atoms with van der Waals surface area (Å²) in [4.78, 5) is 24.3. The molecule has 33 heavy (non-hydrogen) atoms. The summed E-state index contributed by atoms with van der Waals surface area (Å²) >= 11 is 4.04. The molecule has 0 fully saturated rings. The first-order chi connectivity index (χ1) is 15.8. The predicted molar refractivity (Wildman–Crippen MR) is 132 cm³/mol. The van der Waals surface area contributed by atoms with Crippen molar-refractivity contribution in [2.75, 3.05) is 12.4 Å². The van der Waals surface area contributed by atoms with E-state index < -0.39 is 28.9 Å². The summed E-state index contributed by atoms with van der Waals surface area (Å²) < 4.78 is 6.72. The zero-order valence-corrected chi connectivity index (χ0v) is 19.7. The molecule has 0 aliphatic heterocycles. The third-order valence-electron chi connectivity index (χ3n) is 5.59. The summed E-state index contributed by atoms with van der Waals surface area (Å²) in [5, 5.41) is 11.9. The number of nitrogens with one attached hydrogen (secondary N) is 1. The van der Waals surface area contributed by atoms with Gasteiger partial charge >= 0.3 is 5.97 Å². The molecule has 6 heteroatoms. The third-order valence-corrected chi connectivity index (χ3v) is 5.96. The fourth-order valence-electron chi connectivity index (χ4n) is 3.66. The Morgan fingerprint density at radius 1 is 0.848 bits per heavy atom. The molecule has 3 aromatic carbocycles. The van der Waals surface area contributed by atoms with E-state index in [9.17, 15) is 14.7 Å². The van der Waals surface area contributed by atoms with E-state index in [-0.39, 0.29) is 12.4 Å². The van der Waals surface area contributed by atoms with Gasteiger partial charge < -0.3 is 15.2 Å². The largest absolute Gasteiger partial charge is 0.480 e. The first kappa shape index (κ1) is 24.6. The van der Waals surface area contributed by atoms with E-state index in [0.29, 0.717) is 0 Å². The number of rotatable bonds is 10. The maximum atomic E-state index is 13.0. The van der Waals surface area contributed by atoms with Crippen molar-refractivity contribution in [3.8, 4) is 0 Å². The highest BCUT2D eigenvalue weighted by Crippen LogP contribution is 2.41. The summed E-state index contributed by atoms with van der Waals surface area (Å²) in [6.07, 6.45) is 0. The van der Waals surface area contributed by atoms with Crippen molar-refractivity contribution in [2.45, 2.75) is 25.5 Å². The second-order valence-corrected chi connectivity index (χ2v) is 8.86. The fourth-order valence-corrected chi connectivity index (χ4v) is 3.91. The first-order valence-electron chi connectivity index (χ1n) is 10.8. The normalized spacial score (nSPS) is 12.7. The molecule has 0 spiro atoms. The second-order valence-electron chi connectivity index (χ2n) is 8.50. The maximum absolute atomic E-state index is 13.0. The van der Waals surface area contributed by atoms with Gasteiger partial charge in [0.05, 0.1) is 12.0 Å². The van der Waals surface area contributed by atoms with Gasteiger partial charge in [-0.15, -0.1) is 0 Å². The first-order valence-corrected chi connectivity index (χ1v) is 11.4. The van der Waals surface area contributed by atoms with Crippen LogP contribution in [-0.2, 0) is 19.9 Å². The molecule has 1 amide bonds. The molecule has 3 rings (SSSR count). The quantitative estimate of drug-likeness (QED) is 0.305. The molecule has 3 aromatic rings. The van der Waals surface area contributed by atoms with E-state index in [1.165, 1.54) is 0 Å². The lowest BCUT2D eigenvalue weighted by atomic mass is 9.79. The van der Waals surface area contributed by atoms with Gasteiger partial charge in [0, 0.05) is 5.75 Å². The van der Waals surface area contributed by atoms with Gasteiger partial charge in [-0.3, -0.25) is 4.79 Å². The SMILES string of the molecule is CC(C)(COC(c1ccccc1)(c1ccccc1)c1ccccc1)C(=O)NC(CS)C(=O)O. The van der Waals surface area contributed by atoms with E-state index >= 15 is 0 Å². The Balaban J connectivity index is 2.04. The highest BCUT2D eigenvalue weighted by Gasteiger charge is 2.41. The summed E-state index contributed by atoms with van der Waals surface area (Å²) in [6, 6.07) is 28.6. The van der Waals surface area contributed by atoms with E-state index in [2.05, 4.69) is 17.9 Å². The predicted octanol–water partition coefficient (Wildman–Crippen LogP) is 4.52. The van der Waals surface area contributed by atoms with Crippen LogP contribution < -0.4 is 5.32 Å². The number of amides is 1. The number of ether oxygens (including phenoxy) is 1. The van der Waals surface area contributed by atoms with Crippen molar-refractivity contribution in [1.29, 1.82) is 0 Å². The lowest BCUT2D eigenvalue weighted by Gasteiger charge is -2.38. The van der Waals surface area contributed by atoms with Crippen LogP contribution in [0.2, 0.25) is 0 Å². The molecule has 5 nitrogen and oxygen atoms in total. The van der Waals surface area contributed by atoms with Crippen molar-refractivity contribution < 1.29 is 19.4 Å². The Labute approximate surface area is 200 Å². The van der Waals surface area contributed by atoms with Crippen molar-refractivity contribution in [3.63, 3.8) is 0 Å². The van der Waals surface area contributed by atoms with Crippen LogP contribution in [0.4, 0.5) is 0 Å². The highest BCUT2D eigenvalue weighted by atomic mass is 32.1. The molecule has 1 atom stereocenters. The Bertz CT molecular complexity index is 959. The molecule has 0 bridgehead atoms. The molecular formula is C27H29NO4S. The van der Waals surface area contributed by atoms with Gasteiger partial charge in [0.2, 0.25) is 5.91 Å². The van der Waals surface area contributed by atoms with Crippen LogP contribution in [-0.4, -0.2) is 35.4 Å². The zero-order chi connectivity index (χ0) is 23.9. The molecular weight excluding hydrogens is 434 g/mol. The summed E-state index contributed by atoms with van der Waals surface area (Å²) in [5.74, 6) is -1.53. The number of hydrogen-bond donors (Lipinski definition) is 3. The van der Waals surface area contributed by atoms with Crippen molar-refractivity contribution >= 4 is 24.5 Å². The molecule has 0 saturated carbocycles. The average molecular weight is 464 g/mol. The number of carboxylic acid groups (broad SMARTS) is 1. The smallest absolute Gasteiger partial charge is 0.327 e. The van der Waals surface area contributed by atoms with Crippen LogP contribution in [0.15, 0.2) is 91.0 Å². The summed E-state index contributed by atoms with van der Waals surface area (Å²) in [6.45, 7) is 3.54. The van der Waals surface area contributed by atoms with Gasteiger partial charge in [-0.25, -0.2) is 4.79 Å². The number of thiol groups is 1. The Kier molecular flexibility index (Phi) is 7.95.